The van der Waals surface area contributed by atoms with Crippen molar-refractivity contribution in [3.63, 3.8) is 0 Å². The van der Waals surface area contributed by atoms with Crippen molar-refractivity contribution in [2.75, 3.05) is 26.2 Å². The van der Waals surface area contributed by atoms with Crippen molar-refractivity contribution in [3.05, 3.63) is 29.8 Å². The van der Waals surface area contributed by atoms with Crippen molar-refractivity contribution in [1.82, 2.24) is 10.2 Å². The molecule has 1 aromatic rings. The van der Waals surface area contributed by atoms with Gasteiger partial charge in [0.2, 0.25) is 0 Å². The molecule has 1 aromatic carbocycles. The van der Waals surface area contributed by atoms with E-state index in [2.05, 4.69) is 28.8 Å². The molecule has 0 aromatic heterocycles. The van der Waals surface area contributed by atoms with E-state index in [0.29, 0.717) is 5.92 Å². The van der Waals surface area contributed by atoms with Crippen molar-refractivity contribution in [2.24, 2.45) is 5.92 Å². The summed E-state index contributed by atoms with van der Waals surface area (Å²) in [4.78, 5) is 2.37. The number of nitrogens with zero attached hydrogens (tertiary/aromatic N) is 1. The number of hydrogen-bond donors (Lipinski definition) is 1. The van der Waals surface area contributed by atoms with Crippen LogP contribution in [0.25, 0.3) is 0 Å². The quantitative estimate of drug-likeness (QED) is 0.643. The molecule has 2 atom stereocenters. The third kappa shape index (κ3) is 6.44. The number of benzene rings is 1. The summed E-state index contributed by atoms with van der Waals surface area (Å²) in [6.07, 6.45) is -7.35. The highest BCUT2D eigenvalue weighted by Gasteiger charge is 2.44. The van der Waals surface area contributed by atoms with E-state index in [1.807, 2.05) is 0 Å². The molecule has 0 radical (unpaired) electrons. The first-order valence-corrected chi connectivity index (χ1v) is 8.25. The molecule has 1 unspecified atom stereocenters. The summed E-state index contributed by atoms with van der Waals surface area (Å²) in [5, 5.41) is 3.31. The van der Waals surface area contributed by atoms with E-state index < -0.39 is 12.5 Å². The van der Waals surface area contributed by atoms with Crippen LogP contribution in [-0.4, -0.2) is 43.6 Å². The van der Waals surface area contributed by atoms with Gasteiger partial charge in [0.25, 0.3) is 0 Å². The Morgan fingerprint density at radius 2 is 1.65 bits per heavy atom. The second-order valence-corrected chi connectivity index (χ2v) is 6.15. The molecule has 1 aliphatic heterocycles. The van der Waals surface area contributed by atoms with Crippen molar-refractivity contribution in [1.29, 1.82) is 0 Å². The Bertz CT molecular complexity index is 514. The molecule has 2 rings (SSSR count). The van der Waals surface area contributed by atoms with Crippen LogP contribution < -0.4 is 10.1 Å². The van der Waals surface area contributed by atoms with Gasteiger partial charge in [0.15, 0.2) is 0 Å². The molecule has 1 fully saturated rings. The van der Waals surface area contributed by atoms with E-state index in [9.17, 15) is 17.6 Å². The summed E-state index contributed by atoms with van der Waals surface area (Å²) in [6.45, 7) is 7.92. The average Bonchev–Trinajstić information content (AvgIpc) is 2.57. The Labute approximate surface area is 164 Å². The maximum absolute atomic E-state index is 13.0. The fourth-order valence-electron chi connectivity index (χ4n) is 3.02. The highest BCUT2D eigenvalue weighted by molar-refractivity contribution is 5.85. The average molecular weight is 421 g/mol. The van der Waals surface area contributed by atoms with Gasteiger partial charge >= 0.3 is 12.5 Å². The second-order valence-electron chi connectivity index (χ2n) is 6.15. The van der Waals surface area contributed by atoms with Gasteiger partial charge in [0.05, 0.1) is 0 Å². The maximum atomic E-state index is 13.0. The zero-order valence-electron chi connectivity index (χ0n) is 14.8. The molecule has 1 N–H and O–H groups in total. The van der Waals surface area contributed by atoms with Gasteiger partial charge in [-0.1, -0.05) is 32.4 Å². The van der Waals surface area contributed by atoms with Crippen molar-refractivity contribution >= 4 is 24.8 Å². The van der Waals surface area contributed by atoms with E-state index >= 15 is 0 Å². The van der Waals surface area contributed by atoms with Crippen LogP contribution in [0.3, 0.4) is 0 Å². The molecule has 1 aliphatic rings. The lowest BCUT2D eigenvalue weighted by Gasteiger charge is -2.38. The molecule has 1 heterocycles. The van der Waals surface area contributed by atoms with E-state index in [0.717, 1.165) is 38.2 Å². The molecule has 1 saturated heterocycles. The topological polar surface area (TPSA) is 24.5 Å². The molecule has 0 spiro atoms. The van der Waals surface area contributed by atoms with E-state index in [1.54, 1.807) is 12.1 Å². The molecule has 0 aliphatic carbocycles. The normalized spacial score (nSPS) is 17.8. The summed E-state index contributed by atoms with van der Waals surface area (Å²) in [6, 6.07) is 6.22. The van der Waals surface area contributed by atoms with Crippen molar-refractivity contribution < 1.29 is 22.3 Å². The number of halogens is 6. The summed E-state index contributed by atoms with van der Waals surface area (Å²) < 4.78 is 54.5. The van der Waals surface area contributed by atoms with Crippen LogP contribution in [0, 0.1) is 5.92 Å². The highest BCUT2D eigenvalue weighted by atomic mass is 35.5. The number of ether oxygens (including phenoxy) is 1. The lowest BCUT2D eigenvalue weighted by Crippen LogP contribution is -2.46. The van der Waals surface area contributed by atoms with Crippen molar-refractivity contribution in [2.45, 2.75) is 38.8 Å². The SMILES string of the molecule is CCC(C)[C@H](c1ccc(OC(F)(F)C(F)F)cc1)N1CCNCC1.Cl.Cl. The van der Waals surface area contributed by atoms with E-state index in [-0.39, 0.29) is 36.6 Å². The van der Waals surface area contributed by atoms with Gasteiger partial charge in [0, 0.05) is 32.2 Å². The van der Waals surface area contributed by atoms with E-state index in [1.165, 1.54) is 12.1 Å². The van der Waals surface area contributed by atoms with Crippen LogP contribution in [0.5, 0.6) is 5.75 Å². The molecule has 0 bridgehead atoms. The summed E-state index contributed by atoms with van der Waals surface area (Å²) >= 11 is 0. The fourth-order valence-corrected chi connectivity index (χ4v) is 3.02. The third-order valence-electron chi connectivity index (χ3n) is 4.46. The molecule has 152 valence electrons. The van der Waals surface area contributed by atoms with Crippen LogP contribution in [0.2, 0.25) is 0 Å². The highest BCUT2D eigenvalue weighted by Crippen LogP contribution is 2.33. The molecule has 0 saturated carbocycles. The minimum atomic E-state index is -4.48. The Morgan fingerprint density at radius 1 is 1.12 bits per heavy atom. The predicted octanol–water partition coefficient (Wildman–Crippen LogP) is 4.76. The molecule has 9 heteroatoms. The van der Waals surface area contributed by atoms with Gasteiger partial charge < -0.3 is 10.1 Å². The van der Waals surface area contributed by atoms with Crippen LogP contribution in [0.15, 0.2) is 24.3 Å². The number of hydrogen-bond acceptors (Lipinski definition) is 3. The maximum Gasteiger partial charge on any atom is 0.461 e. The smallest absolute Gasteiger partial charge is 0.428 e. The summed E-state index contributed by atoms with van der Waals surface area (Å²) in [7, 11) is 0. The van der Waals surface area contributed by atoms with Crippen LogP contribution in [0.4, 0.5) is 17.6 Å². The molecular formula is C17H26Cl2F4N2O. The Kier molecular flexibility index (Phi) is 10.8. The third-order valence-corrected chi connectivity index (χ3v) is 4.46. The fraction of sp³-hybridized carbons (Fsp3) is 0.647. The van der Waals surface area contributed by atoms with Gasteiger partial charge in [-0.15, -0.1) is 24.8 Å². The van der Waals surface area contributed by atoms with Crippen molar-refractivity contribution in [3.8, 4) is 5.75 Å². The van der Waals surface area contributed by atoms with Crippen LogP contribution in [0.1, 0.15) is 31.9 Å². The van der Waals surface area contributed by atoms with Crippen LogP contribution >= 0.6 is 24.8 Å². The summed E-state index contributed by atoms with van der Waals surface area (Å²) in [5.41, 5.74) is 0.985. The molecule has 26 heavy (non-hydrogen) atoms. The first kappa shape index (κ1) is 25.2. The lowest BCUT2D eigenvalue weighted by atomic mass is 9.90. The summed E-state index contributed by atoms with van der Waals surface area (Å²) in [5.74, 6) is 0.129. The molecule has 0 amide bonds. The van der Waals surface area contributed by atoms with Gasteiger partial charge in [-0.2, -0.15) is 17.6 Å². The minimum Gasteiger partial charge on any atom is -0.428 e. The number of alkyl halides is 4. The number of nitrogens with one attached hydrogen (secondary N) is 1. The van der Waals surface area contributed by atoms with Gasteiger partial charge in [-0.05, 0) is 23.6 Å². The van der Waals surface area contributed by atoms with Gasteiger partial charge in [-0.3, -0.25) is 4.90 Å². The first-order chi connectivity index (χ1) is 11.3. The molecule has 3 nitrogen and oxygen atoms in total. The zero-order valence-corrected chi connectivity index (χ0v) is 16.4. The Balaban J connectivity index is 0.00000312. The number of piperazine rings is 1. The lowest BCUT2D eigenvalue weighted by molar-refractivity contribution is -0.253. The largest absolute Gasteiger partial charge is 0.461 e. The minimum absolute atomic E-state index is 0. The zero-order chi connectivity index (χ0) is 17.7. The van der Waals surface area contributed by atoms with E-state index in [4.69, 9.17) is 0 Å². The first-order valence-electron chi connectivity index (χ1n) is 8.25. The Hall–Kier alpha value is -0.760. The predicted molar refractivity (Wildman–Crippen MR) is 99.2 cm³/mol. The monoisotopic (exact) mass is 420 g/mol. The van der Waals surface area contributed by atoms with Gasteiger partial charge in [0.1, 0.15) is 5.75 Å². The second kappa shape index (κ2) is 11.2. The standard InChI is InChI=1S/C17H24F4N2O.2ClH/c1-3-12(2)15(23-10-8-22-9-11-23)13-4-6-14(7-5-13)24-17(20,21)16(18)19;;/h4-7,12,15-16,22H,3,8-11H2,1-2H3;2*1H/t12?,15-;;/m1../s1. The van der Waals surface area contributed by atoms with Gasteiger partial charge in [-0.25, -0.2) is 0 Å². The van der Waals surface area contributed by atoms with Crippen LogP contribution in [-0.2, 0) is 0 Å². The Morgan fingerprint density at radius 3 is 2.12 bits per heavy atom. The number of rotatable bonds is 7. The molecular weight excluding hydrogens is 395 g/mol.